The molecule has 0 bridgehead atoms. The standard InChI is InChI=1S/C18H16F3N5O/c19-18(20,21)15-5-8-22-17(25-15)27-12-6-9-26(10-7-12)16-11-23-13-3-1-2-4-14(13)24-16/h1-5,8,11-12H,6-7,9-10H2. The predicted octanol–water partition coefficient (Wildman–Crippen LogP) is 3.49. The van der Waals surface area contributed by atoms with E-state index in [1.54, 1.807) is 6.20 Å². The van der Waals surface area contributed by atoms with Crippen molar-refractivity contribution in [1.29, 1.82) is 0 Å². The molecule has 0 N–H and O–H groups in total. The number of nitrogens with zero attached hydrogens (tertiary/aromatic N) is 5. The molecule has 1 aliphatic heterocycles. The Morgan fingerprint density at radius 1 is 0.963 bits per heavy atom. The Hall–Kier alpha value is -2.97. The molecule has 4 rings (SSSR count). The van der Waals surface area contributed by atoms with Gasteiger partial charge in [0, 0.05) is 32.1 Å². The Labute approximate surface area is 153 Å². The Balaban J connectivity index is 1.40. The second-order valence-corrected chi connectivity index (χ2v) is 6.24. The number of hydrogen-bond acceptors (Lipinski definition) is 6. The lowest BCUT2D eigenvalue weighted by Gasteiger charge is -2.32. The summed E-state index contributed by atoms with van der Waals surface area (Å²) in [5.74, 6) is 0.780. The minimum absolute atomic E-state index is 0.238. The van der Waals surface area contributed by atoms with Crippen molar-refractivity contribution in [1.82, 2.24) is 19.9 Å². The third kappa shape index (κ3) is 3.91. The predicted molar refractivity (Wildman–Crippen MR) is 92.4 cm³/mol. The van der Waals surface area contributed by atoms with Gasteiger partial charge in [-0.05, 0) is 18.2 Å². The molecule has 27 heavy (non-hydrogen) atoms. The van der Waals surface area contributed by atoms with E-state index >= 15 is 0 Å². The third-order valence-electron chi connectivity index (χ3n) is 4.40. The minimum atomic E-state index is -4.51. The molecular formula is C18H16F3N5O. The van der Waals surface area contributed by atoms with Gasteiger partial charge in [-0.1, -0.05) is 12.1 Å². The summed E-state index contributed by atoms with van der Waals surface area (Å²) in [6.07, 6.45) is -0.690. The Morgan fingerprint density at radius 2 is 1.70 bits per heavy atom. The quantitative estimate of drug-likeness (QED) is 0.698. The normalized spacial score (nSPS) is 15.9. The molecule has 6 nitrogen and oxygen atoms in total. The van der Waals surface area contributed by atoms with E-state index in [0.29, 0.717) is 25.9 Å². The van der Waals surface area contributed by atoms with Gasteiger partial charge in [-0.3, -0.25) is 4.98 Å². The van der Waals surface area contributed by atoms with Gasteiger partial charge in [-0.25, -0.2) is 9.97 Å². The monoisotopic (exact) mass is 375 g/mol. The molecule has 0 radical (unpaired) electrons. The first kappa shape index (κ1) is 17.4. The molecule has 0 unspecified atom stereocenters. The highest BCUT2D eigenvalue weighted by molar-refractivity contribution is 5.75. The summed E-state index contributed by atoms with van der Waals surface area (Å²) in [4.78, 5) is 18.4. The fourth-order valence-electron chi connectivity index (χ4n) is 3.01. The average Bonchev–Trinajstić information content (AvgIpc) is 2.68. The maximum absolute atomic E-state index is 12.7. The van der Waals surface area contributed by atoms with Crippen molar-refractivity contribution in [2.45, 2.75) is 25.1 Å². The molecule has 1 saturated heterocycles. The maximum atomic E-state index is 12.7. The summed E-state index contributed by atoms with van der Waals surface area (Å²) in [6.45, 7) is 1.33. The topological polar surface area (TPSA) is 64.0 Å². The number of halogens is 3. The molecule has 0 saturated carbocycles. The van der Waals surface area contributed by atoms with Crippen LogP contribution in [-0.2, 0) is 6.18 Å². The summed E-state index contributed by atoms with van der Waals surface area (Å²) in [6, 6.07) is 8.22. The van der Waals surface area contributed by atoms with Gasteiger partial charge in [0.25, 0.3) is 0 Å². The zero-order valence-electron chi connectivity index (χ0n) is 14.2. The first-order valence-electron chi connectivity index (χ1n) is 8.53. The van der Waals surface area contributed by atoms with Crippen LogP contribution in [0.15, 0.2) is 42.7 Å². The van der Waals surface area contributed by atoms with Gasteiger partial charge in [0.15, 0.2) is 5.69 Å². The molecule has 1 aromatic carbocycles. The highest BCUT2D eigenvalue weighted by Crippen LogP contribution is 2.28. The van der Waals surface area contributed by atoms with Crippen LogP contribution in [0, 0.1) is 0 Å². The summed E-state index contributed by atoms with van der Waals surface area (Å²) >= 11 is 0. The van der Waals surface area contributed by atoms with Crippen LogP contribution in [0.4, 0.5) is 19.0 Å². The SMILES string of the molecule is FC(F)(F)c1ccnc(OC2CCN(c3cnc4ccccc4n3)CC2)n1. The van der Waals surface area contributed by atoms with Crippen LogP contribution in [0.2, 0.25) is 0 Å². The van der Waals surface area contributed by atoms with Crippen molar-refractivity contribution in [3.8, 4) is 6.01 Å². The number of hydrogen-bond donors (Lipinski definition) is 0. The van der Waals surface area contributed by atoms with Crippen molar-refractivity contribution in [2.75, 3.05) is 18.0 Å². The van der Waals surface area contributed by atoms with Crippen LogP contribution in [-0.4, -0.2) is 39.1 Å². The van der Waals surface area contributed by atoms with Crippen molar-refractivity contribution < 1.29 is 17.9 Å². The lowest BCUT2D eigenvalue weighted by Crippen LogP contribution is -2.39. The lowest BCUT2D eigenvalue weighted by atomic mass is 10.1. The molecule has 3 heterocycles. The highest BCUT2D eigenvalue weighted by atomic mass is 19.4. The summed E-state index contributed by atoms with van der Waals surface area (Å²) < 4.78 is 43.8. The van der Waals surface area contributed by atoms with Gasteiger partial charge in [-0.15, -0.1) is 0 Å². The zero-order chi connectivity index (χ0) is 18.9. The second-order valence-electron chi connectivity index (χ2n) is 6.24. The van der Waals surface area contributed by atoms with E-state index < -0.39 is 11.9 Å². The summed E-state index contributed by atoms with van der Waals surface area (Å²) in [7, 11) is 0. The second kappa shape index (κ2) is 6.98. The number of para-hydroxylation sites is 2. The van der Waals surface area contributed by atoms with Gasteiger partial charge in [-0.2, -0.15) is 18.2 Å². The van der Waals surface area contributed by atoms with Gasteiger partial charge in [0.05, 0.1) is 17.2 Å². The number of benzene rings is 1. The van der Waals surface area contributed by atoms with Crippen molar-refractivity contribution in [2.24, 2.45) is 0 Å². The molecule has 1 aliphatic rings. The third-order valence-corrected chi connectivity index (χ3v) is 4.40. The van der Waals surface area contributed by atoms with Gasteiger partial charge in [0.2, 0.25) is 0 Å². The number of fused-ring (bicyclic) bond motifs is 1. The van der Waals surface area contributed by atoms with E-state index in [0.717, 1.165) is 29.1 Å². The van der Waals surface area contributed by atoms with E-state index in [2.05, 4.69) is 24.8 Å². The van der Waals surface area contributed by atoms with E-state index in [4.69, 9.17) is 4.74 Å². The van der Waals surface area contributed by atoms with Crippen LogP contribution < -0.4 is 9.64 Å². The van der Waals surface area contributed by atoms with Crippen molar-refractivity contribution >= 4 is 16.9 Å². The molecule has 2 aromatic heterocycles. The smallest absolute Gasteiger partial charge is 0.433 e. The number of rotatable bonds is 3. The number of anilines is 1. The van der Waals surface area contributed by atoms with Crippen LogP contribution in [0.1, 0.15) is 18.5 Å². The van der Waals surface area contributed by atoms with Gasteiger partial charge in [0.1, 0.15) is 11.9 Å². The molecule has 140 valence electrons. The summed E-state index contributed by atoms with van der Waals surface area (Å²) in [5, 5.41) is 0. The Morgan fingerprint density at radius 3 is 2.44 bits per heavy atom. The Kier molecular flexibility index (Phi) is 4.51. The largest absolute Gasteiger partial charge is 0.460 e. The highest BCUT2D eigenvalue weighted by Gasteiger charge is 2.33. The fraction of sp³-hybridized carbons (Fsp3) is 0.333. The van der Waals surface area contributed by atoms with E-state index in [1.165, 1.54) is 0 Å². The number of alkyl halides is 3. The number of ether oxygens (including phenoxy) is 1. The van der Waals surface area contributed by atoms with E-state index in [1.807, 2.05) is 24.3 Å². The van der Waals surface area contributed by atoms with Crippen LogP contribution in [0.3, 0.4) is 0 Å². The molecule has 0 atom stereocenters. The van der Waals surface area contributed by atoms with E-state index in [-0.39, 0.29) is 12.1 Å². The fourth-order valence-corrected chi connectivity index (χ4v) is 3.01. The molecular weight excluding hydrogens is 359 g/mol. The van der Waals surface area contributed by atoms with Crippen LogP contribution >= 0.6 is 0 Å². The molecule has 3 aromatic rings. The zero-order valence-corrected chi connectivity index (χ0v) is 14.2. The van der Waals surface area contributed by atoms with Crippen molar-refractivity contribution in [3.05, 3.63) is 48.4 Å². The Bertz CT molecular complexity index is 941. The lowest BCUT2D eigenvalue weighted by molar-refractivity contribution is -0.141. The number of piperidine rings is 1. The number of aromatic nitrogens is 4. The van der Waals surface area contributed by atoms with Crippen LogP contribution in [0.25, 0.3) is 11.0 Å². The first-order chi connectivity index (χ1) is 13.0. The van der Waals surface area contributed by atoms with Crippen molar-refractivity contribution in [3.63, 3.8) is 0 Å². The summed E-state index contributed by atoms with van der Waals surface area (Å²) in [5.41, 5.74) is 0.656. The first-order valence-corrected chi connectivity index (χ1v) is 8.53. The average molecular weight is 375 g/mol. The minimum Gasteiger partial charge on any atom is -0.460 e. The molecule has 9 heteroatoms. The maximum Gasteiger partial charge on any atom is 0.433 e. The van der Waals surface area contributed by atoms with Gasteiger partial charge < -0.3 is 9.64 Å². The molecule has 0 spiro atoms. The van der Waals surface area contributed by atoms with Crippen LogP contribution in [0.5, 0.6) is 6.01 Å². The molecule has 0 amide bonds. The molecule has 0 aliphatic carbocycles. The molecule has 1 fully saturated rings. The van der Waals surface area contributed by atoms with Gasteiger partial charge >= 0.3 is 12.2 Å². The van der Waals surface area contributed by atoms with E-state index in [9.17, 15) is 13.2 Å².